The van der Waals surface area contributed by atoms with E-state index in [4.69, 9.17) is 10.5 Å². The number of rotatable bonds is 5. The third-order valence-electron chi connectivity index (χ3n) is 2.85. The fourth-order valence-electron chi connectivity index (χ4n) is 1.71. The molecule has 0 saturated heterocycles. The molecule has 3 N–H and O–H groups in total. The molecule has 2 aromatic rings. The molecular formula is C14H15BrN2O3S. The van der Waals surface area contributed by atoms with Gasteiger partial charge in [-0.25, -0.2) is 13.1 Å². The van der Waals surface area contributed by atoms with Gasteiger partial charge in [-0.3, -0.25) is 0 Å². The topological polar surface area (TPSA) is 81.4 Å². The number of hydrogen-bond donors (Lipinski definition) is 2. The van der Waals surface area contributed by atoms with E-state index in [1.165, 1.54) is 25.2 Å². The Morgan fingerprint density at radius 2 is 2.00 bits per heavy atom. The molecule has 0 bridgehead atoms. The van der Waals surface area contributed by atoms with Crippen LogP contribution >= 0.6 is 15.9 Å². The first kappa shape index (κ1) is 15.8. The summed E-state index contributed by atoms with van der Waals surface area (Å²) in [5, 5.41) is 0. The van der Waals surface area contributed by atoms with Crippen LogP contribution in [0.15, 0.2) is 51.8 Å². The third kappa shape index (κ3) is 3.96. The molecule has 0 amide bonds. The minimum absolute atomic E-state index is 0.114. The Labute approximate surface area is 132 Å². The molecule has 0 fully saturated rings. The van der Waals surface area contributed by atoms with Crippen molar-refractivity contribution in [2.24, 2.45) is 0 Å². The standard InChI is InChI=1S/C14H15BrN2O3S/c1-17-21(18,19)12-5-6-13(16)14(8-12)20-9-10-3-2-4-11(15)7-10/h2-8,17H,9,16H2,1H3. The van der Waals surface area contributed by atoms with E-state index in [9.17, 15) is 8.42 Å². The fourth-order valence-corrected chi connectivity index (χ4v) is 2.90. The maximum Gasteiger partial charge on any atom is 0.240 e. The summed E-state index contributed by atoms with van der Waals surface area (Å²) in [5.74, 6) is 0.339. The van der Waals surface area contributed by atoms with Crippen molar-refractivity contribution in [1.29, 1.82) is 0 Å². The summed E-state index contributed by atoms with van der Waals surface area (Å²) in [7, 11) is -2.17. The predicted octanol–water partition coefficient (Wildman–Crippen LogP) is 2.52. The maximum absolute atomic E-state index is 11.8. The first-order valence-electron chi connectivity index (χ1n) is 6.12. The molecule has 0 radical (unpaired) electrons. The Hall–Kier alpha value is -1.57. The van der Waals surface area contributed by atoms with E-state index in [1.807, 2.05) is 24.3 Å². The van der Waals surface area contributed by atoms with Crippen LogP contribution < -0.4 is 15.2 Å². The summed E-state index contributed by atoms with van der Waals surface area (Å²) < 4.78 is 32.4. The van der Waals surface area contributed by atoms with Crippen LogP contribution in [0.1, 0.15) is 5.56 Å². The van der Waals surface area contributed by atoms with Crippen LogP contribution in [0.4, 0.5) is 5.69 Å². The molecule has 21 heavy (non-hydrogen) atoms. The zero-order valence-corrected chi connectivity index (χ0v) is 13.7. The number of anilines is 1. The van der Waals surface area contributed by atoms with Gasteiger partial charge in [0.15, 0.2) is 0 Å². The van der Waals surface area contributed by atoms with Crippen molar-refractivity contribution >= 4 is 31.6 Å². The number of nitrogen functional groups attached to an aromatic ring is 1. The average Bonchev–Trinajstić information content (AvgIpc) is 2.46. The van der Waals surface area contributed by atoms with E-state index in [1.54, 1.807) is 0 Å². The first-order valence-corrected chi connectivity index (χ1v) is 8.40. The van der Waals surface area contributed by atoms with Gasteiger partial charge in [0.05, 0.1) is 10.6 Å². The zero-order chi connectivity index (χ0) is 15.5. The molecule has 0 aliphatic heterocycles. The SMILES string of the molecule is CNS(=O)(=O)c1ccc(N)c(OCc2cccc(Br)c2)c1. The molecule has 0 aliphatic rings. The molecule has 2 rings (SSSR count). The smallest absolute Gasteiger partial charge is 0.240 e. The van der Waals surface area contributed by atoms with E-state index in [0.717, 1.165) is 10.0 Å². The molecule has 7 heteroatoms. The first-order chi connectivity index (χ1) is 9.92. The summed E-state index contributed by atoms with van der Waals surface area (Å²) in [6.07, 6.45) is 0. The van der Waals surface area contributed by atoms with Crippen LogP contribution in [0.3, 0.4) is 0 Å². The van der Waals surface area contributed by atoms with E-state index in [0.29, 0.717) is 18.0 Å². The number of sulfonamides is 1. The molecule has 0 unspecified atom stereocenters. The van der Waals surface area contributed by atoms with Crippen molar-refractivity contribution in [3.8, 4) is 5.75 Å². The van der Waals surface area contributed by atoms with Crippen molar-refractivity contribution in [2.75, 3.05) is 12.8 Å². The van der Waals surface area contributed by atoms with Crippen molar-refractivity contribution in [1.82, 2.24) is 4.72 Å². The predicted molar refractivity (Wildman–Crippen MR) is 85.6 cm³/mol. The molecule has 0 aliphatic carbocycles. The van der Waals surface area contributed by atoms with Crippen LogP contribution in [0.25, 0.3) is 0 Å². The minimum Gasteiger partial charge on any atom is -0.487 e. The van der Waals surface area contributed by atoms with Gasteiger partial charge < -0.3 is 10.5 Å². The average molecular weight is 371 g/mol. The van der Waals surface area contributed by atoms with Crippen molar-refractivity contribution < 1.29 is 13.2 Å². The maximum atomic E-state index is 11.8. The summed E-state index contributed by atoms with van der Waals surface area (Å²) in [5.41, 5.74) is 7.16. The van der Waals surface area contributed by atoms with Crippen LogP contribution in [-0.2, 0) is 16.6 Å². The lowest BCUT2D eigenvalue weighted by Gasteiger charge is -2.11. The summed E-state index contributed by atoms with van der Waals surface area (Å²) in [4.78, 5) is 0.114. The second kappa shape index (κ2) is 6.46. The van der Waals surface area contributed by atoms with E-state index in [-0.39, 0.29) is 4.90 Å². The van der Waals surface area contributed by atoms with Gasteiger partial charge in [0.25, 0.3) is 0 Å². The van der Waals surface area contributed by atoms with Crippen LogP contribution in [0, 0.1) is 0 Å². The third-order valence-corrected chi connectivity index (χ3v) is 4.75. The molecule has 0 saturated carbocycles. The highest BCUT2D eigenvalue weighted by atomic mass is 79.9. The monoisotopic (exact) mass is 370 g/mol. The molecule has 0 heterocycles. The molecule has 2 aromatic carbocycles. The number of nitrogens with two attached hydrogens (primary N) is 1. The fraction of sp³-hybridized carbons (Fsp3) is 0.143. The van der Waals surface area contributed by atoms with Gasteiger partial charge in [-0.1, -0.05) is 28.1 Å². The highest BCUT2D eigenvalue weighted by Gasteiger charge is 2.14. The van der Waals surface area contributed by atoms with E-state index >= 15 is 0 Å². The number of benzene rings is 2. The number of hydrogen-bond acceptors (Lipinski definition) is 4. The Morgan fingerprint density at radius 1 is 1.24 bits per heavy atom. The van der Waals surface area contributed by atoms with Gasteiger partial charge in [-0.05, 0) is 36.9 Å². The van der Waals surface area contributed by atoms with Crippen molar-refractivity contribution in [3.63, 3.8) is 0 Å². The Kier molecular flexibility index (Phi) is 4.87. The minimum atomic E-state index is -3.52. The number of ether oxygens (including phenoxy) is 1. The van der Waals surface area contributed by atoms with E-state index < -0.39 is 10.0 Å². The second-order valence-corrected chi connectivity index (χ2v) is 7.13. The molecule has 5 nitrogen and oxygen atoms in total. The van der Waals surface area contributed by atoms with Crippen molar-refractivity contribution in [2.45, 2.75) is 11.5 Å². The molecule has 0 aromatic heterocycles. The molecular weight excluding hydrogens is 356 g/mol. The molecule has 0 spiro atoms. The lowest BCUT2D eigenvalue weighted by atomic mass is 10.2. The van der Waals surface area contributed by atoms with Gasteiger partial charge in [0, 0.05) is 10.5 Å². The van der Waals surface area contributed by atoms with Crippen LogP contribution in [0.2, 0.25) is 0 Å². The Bertz CT molecular complexity index is 748. The lowest BCUT2D eigenvalue weighted by Crippen LogP contribution is -2.18. The number of halogens is 1. The van der Waals surface area contributed by atoms with Gasteiger partial charge >= 0.3 is 0 Å². The molecule has 112 valence electrons. The van der Waals surface area contributed by atoms with E-state index in [2.05, 4.69) is 20.7 Å². The Balaban J connectivity index is 2.22. The van der Waals surface area contributed by atoms with Gasteiger partial charge in [0.2, 0.25) is 10.0 Å². The normalized spacial score (nSPS) is 11.3. The highest BCUT2D eigenvalue weighted by Crippen LogP contribution is 2.26. The van der Waals surface area contributed by atoms with Crippen LogP contribution in [-0.4, -0.2) is 15.5 Å². The highest BCUT2D eigenvalue weighted by molar-refractivity contribution is 9.10. The summed E-state index contributed by atoms with van der Waals surface area (Å²) in [6, 6.07) is 12.0. The zero-order valence-electron chi connectivity index (χ0n) is 11.3. The van der Waals surface area contributed by atoms with Crippen LogP contribution in [0.5, 0.6) is 5.75 Å². The Morgan fingerprint density at radius 3 is 2.67 bits per heavy atom. The lowest BCUT2D eigenvalue weighted by molar-refractivity contribution is 0.307. The molecule has 0 atom stereocenters. The van der Waals surface area contributed by atoms with Gasteiger partial charge in [0.1, 0.15) is 12.4 Å². The second-order valence-electron chi connectivity index (χ2n) is 4.33. The van der Waals surface area contributed by atoms with Gasteiger partial charge in [-0.2, -0.15) is 0 Å². The summed E-state index contributed by atoms with van der Waals surface area (Å²) in [6.45, 7) is 0.298. The quantitative estimate of drug-likeness (QED) is 0.792. The summed E-state index contributed by atoms with van der Waals surface area (Å²) >= 11 is 3.38. The van der Waals surface area contributed by atoms with Gasteiger partial charge in [-0.15, -0.1) is 0 Å². The van der Waals surface area contributed by atoms with Crippen molar-refractivity contribution in [3.05, 3.63) is 52.5 Å². The number of nitrogens with one attached hydrogen (secondary N) is 1. The largest absolute Gasteiger partial charge is 0.487 e.